The third kappa shape index (κ3) is 2.59. The van der Waals surface area contributed by atoms with Crippen molar-refractivity contribution in [3.8, 4) is 11.4 Å². The first-order valence-electron chi connectivity index (χ1n) is 8.11. The maximum atomic E-state index is 11.7. The van der Waals surface area contributed by atoms with Crippen molar-refractivity contribution in [1.82, 2.24) is 15.0 Å². The van der Waals surface area contributed by atoms with Crippen LogP contribution in [0.3, 0.4) is 0 Å². The summed E-state index contributed by atoms with van der Waals surface area (Å²) in [6.45, 7) is 1.84. The van der Waals surface area contributed by atoms with E-state index in [1.165, 1.54) is 0 Å². The molecule has 1 saturated carbocycles. The highest BCUT2D eigenvalue weighted by molar-refractivity contribution is 6.30. The molecule has 2 aromatic rings. The molecule has 2 aliphatic rings. The van der Waals surface area contributed by atoms with Gasteiger partial charge >= 0.3 is 5.97 Å². The molecule has 7 heteroatoms. The Bertz CT molecular complexity index is 761. The average molecular weight is 348 g/mol. The van der Waals surface area contributed by atoms with Crippen molar-refractivity contribution in [3.05, 3.63) is 35.2 Å². The minimum Gasteiger partial charge on any atom is -0.481 e. The molecular weight excluding hydrogens is 330 g/mol. The largest absolute Gasteiger partial charge is 0.481 e. The minimum atomic E-state index is -0.667. The van der Waals surface area contributed by atoms with Gasteiger partial charge in [0.1, 0.15) is 0 Å². The van der Waals surface area contributed by atoms with Crippen molar-refractivity contribution in [1.29, 1.82) is 0 Å². The molecule has 1 aromatic heterocycles. The number of carbonyl (C=O) groups is 1. The second kappa shape index (κ2) is 5.86. The molecule has 2 fully saturated rings. The molecule has 126 valence electrons. The number of hydrogen-bond donors (Lipinski definition) is 1. The normalized spacial score (nSPS) is 26.6. The Labute approximate surface area is 144 Å². The number of benzene rings is 1. The van der Waals surface area contributed by atoms with Crippen molar-refractivity contribution in [2.75, 3.05) is 13.1 Å². The molecule has 1 saturated heterocycles. The van der Waals surface area contributed by atoms with E-state index in [0.29, 0.717) is 29.8 Å². The van der Waals surface area contributed by atoms with Gasteiger partial charge in [-0.05, 0) is 43.0 Å². The van der Waals surface area contributed by atoms with Crippen molar-refractivity contribution in [3.63, 3.8) is 0 Å². The zero-order chi connectivity index (χ0) is 16.7. The predicted octanol–water partition coefficient (Wildman–Crippen LogP) is 3.08. The molecular formula is C17H18ClN3O3. The Morgan fingerprint density at radius 3 is 2.92 bits per heavy atom. The molecule has 4 rings (SSSR count). The van der Waals surface area contributed by atoms with Crippen LogP contribution in [-0.2, 0) is 11.3 Å². The monoisotopic (exact) mass is 347 g/mol. The Morgan fingerprint density at radius 1 is 1.42 bits per heavy atom. The molecule has 0 spiro atoms. The maximum absolute atomic E-state index is 11.7. The molecule has 24 heavy (non-hydrogen) atoms. The van der Waals surface area contributed by atoms with Crippen LogP contribution in [-0.4, -0.2) is 39.2 Å². The summed E-state index contributed by atoms with van der Waals surface area (Å²) in [5.74, 6) is 0.600. The van der Waals surface area contributed by atoms with E-state index in [-0.39, 0.29) is 5.92 Å². The number of hydrogen-bond acceptors (Lipinski definition) is 5. The fourth-order valence-corrected chi connectivity index (χ4v) is 4.22. The number of nitrogens with zero attached hydrogens (tertiary/aromatic N) is 3. The molecule has 2 heterocycles. The third-order valence-corrected chi connectivity index (χ3v) is 5.55. The molecule has 1 aliphatic carbocycles. The van der Waals surface area contributed by atoms with Gasteiger partial charge in [0.15, 0.2) is 0 Å². The van der Waals surface area contributed by atoms with Gasteiger partial charge in [-0.3, -0.25) is 9.69 Å². The number of aliphatic carboxylic acids is 1. The lowest BCUT2D eigenvalue weighted by molar-refractivity contribution is -0.149. The molecule has 1 aromatic carbocycles. The van der Waals surface area contributed by atoms with Crippen LogP contribution in [0.25, 0.3) is 11.4 Å². The Hall–Kier alpha value is -1.92. The summed E-state index contributed by atoms with van der Waals surface area (Å²) >= 11 is 5.88. The van der Waals surface area contributed by atoms with E-state index in [4.69, 9.17) is 16.1 Å². The third-order valence-electron chi connectivity index (χ3n) is 5.30. The lowest BCUT2D eigenvalue weighted by Gasteiger charge is -2.23. The van der Waals surface area contributed by atoms with Gasteiger partial charge in [-0.25, -0.2) is 0 Å². The summed E-state index contributed by atoms with van der Waals surface area (Å²) in [6, 6.07) is 7.25. The van der Waals surface area contributed by atoms with Crippen LogP contribution in [0.1, 0.15) is 25.2 Å². The van der Waals surface area contributed by atoms with Gasteiger partial charge in [0.2, 0.25) is 11.7 Å². The van der Waals surface area contributed by atoms with Crippen molar-refractivity contribution in [2.45, 2.75) is 25.8 Å². The number of halogens is 1. The molecule has 0 unspecified atom stereocenters. The standard InChI is InChI=1S/C17H18ClN3O3/c18-13-5-3-11(4-6-13)15-19-14(24-20-15)9-21-8-12-2-1-7-17(12,10-21)16(22)23/h3-6,12H,1-2,7-10H2,(H,22,23)/t12-,17+/m0/s1. The fourth-order valence-electron chi connectivity index (χ4n) is 4.09. The number of rotatable bonds is 4. The highest BCUT2D eigenvalue weighted by Crippen LogP contribution is 2.49. The summed E-state index contributed by atoms with van der Waals surface area (Å²) in [5.41, 5.74) is 0.258. The van der Waals surface area contributed by atoms with E-state index in [1.54, 1.807) is 12.1 Å². The molecule has 1 aliphatic heterocycles. The fraction of sp³-hybridized carbons (Fsp3) is 0.471. The van der Waals surface area contributed by atoms with Gasteiger partial charge in [-0.1, -0.05) is 23.2 Å². The van der Waals surface area contributed by atoms with Crippen LogP contribution in [0.5, 0.6) is 0 Å². The van der Waals surface area contributed by atoms with E-state index < -0.39 is 11.4 Å². The van der Waals surface area contributed by atoms with E-state index in [1.807, 2.05) is 12.1 Å². The van der Waals surface area contributed by atoms with Gasteiger partial charge in [-0.2, -0.15) is 4.98 Å². The predicted molar refractivity (Wildman–Crippen MR) is 87.4 cm³/mol. The summed E-state index contributed by atoms with van der Waals surface area (Å²) < 4.78 is 5.34. The van der Waals surface area contributed by atoms with Crippen molar-refractivity contribution < 1.29 is 14.4 Å². The van der Waals surface area contributed by atoms with Crippen LogP contribution in [0.2, 0.25) is 5.02 Å². The van der Waals surface area contributed by atoms with Crippen LogP contribution < -0.4 is 0 Å². The number of carboxylic acids is 1. The Kier molecular flexibility index (Phi) is 3.81. The van der Waals surface area contributed by atoms with Gasteiger partial charge in [0.05, 0.1) is 12.0 Å². The molecule has 0 radical (unpaired) electrons. The van der Waals surface area contributed by atoms with Crippen LogP contribution in [0, 0.1) is 11.3 Å². The van der Waals surface area contributed by atoms with Gasteiger partial charge in [0, 0.05) is 23.7 Å². The second-order valence-corrected chi connectivity index (χ2v) is 7.18. The SMILES string of the molecule is O=C(O)[C@@]12CCC[C@H]1CN(Cc1nc(-c3ccc(Cl)cc3)no1)C2. The van der Waals surface area contributed by atoms with E-state index in [0.717, 1.165) is 31.4 Å². The number of likely N-dealkylation sites (tertiary alicyclic amines) is 1. The van der Waals surface area contributed by atoms with Gasteiger partial charge in [0.25, 0.3) is 0 Å². The molecule has 2 atom stereocenters. The molecule has 0 amide bonds. The lowest BCUT2D eigenvalue weighted by atomic mass is 9.81. The molecule has 1 N–H and O–H groups in total. The molecule has 6 nitrogen and oxygen atoms in total. The Balaban J connectivity index is 1.47. The van der Waals surface area contributed by atoms with Gasteiger partial charge < -0.3 is 9.63 Å². The van der Waals surface area contributed by atoms with Crippen molar-refractivity contribution >= 4 is 17.6 Å². The zero-order valence-corrected chi connectivity index (χ0v) is 13.9. The van der Waals surface area contributed by atoms with Gasteiger partial charge in [-0.15, -0.1) is 0 Å². The first-order valence-corrected chi connectivity index (χ1v) is 8.49. The average Bonchev–Trinajstić information content (AvgIpc) is 3.22. The van der Waals surface area contributed by atoms with Crippen LogP contribution >= 0.6 is 11.6 Å². The minimum absolute atomic E-state index is 0.230. The highest BCUT2D eigenvalue weighted by Gasteiger charge is 2.54. The van der Waals surface area contributed by atoms with E-state index >= 15 is 0 Å². The van der Waals surface area contributed by atoms with E-state index in [2.05, 4.69) is 15.0 Å². The maximum Gasteiger partial charge on any atom is 0.311 e. The Morgan fingerprint density at radius 2 is 2.21 bits per heavy atom. The highest BCUT2D eigenvalue weighted by atomic mass is 35.5. The number of carboxylic acid groups (broad SMARTS) is 1. The summed E-state index contributed by atoms with van der Waals surface area (Å²) in [7, 11) is 0. The quantitative estimate of drug-likeness (QED) is 0.915. The first-order chi connectivity index (χ1) is 11.6. The summed E-state index contributed by atoms with van der Waals surface area (Å²) in [6.07, 6.45) is 2.76. The van der Waals surface area contributed by atoms with Crippen LogP contribution in [0.4, 0.5) is 0 Å². The topological polar surface area (TPSA) is 79.5 Å². The van der Waals surface area contributed by atoms with E-state index in [9.17, 15) is 9.90 Å². The van der Waals surface area contributed by atoms with Crippen molar-refractivity contribution in [2.24, 2.45) is 11.3 Å². The summed E-state index contributed by atoms with van der Waals surface area (Å²) in [4.78, 5) is 18.3. The smallest absolute Gasteiger partial charge is 0.311 e. The van der Waals surface area contributed by atoms with Crippen LogP contribution in [0.15, 0.2) is 28.8 Å². The lowest BCUT2D eigenvalue weighted by Crippen LogP contribution is -2.35. The summed E-state index contributed by atoms with van der Waals surface area (Å²) in [5, 5.41) is 14.3. The number of fused-ring (bicyclic) bond motifs is 1. The zero-order valence-electron chi connectivity index (χ0n) is 13.1. The first kappa shape index (κ1) is 15.6. The second-order valence-electron chi connectivity index (χ2n) is 6.74. The molecule has 0 bridgehead atoms. The number of aromatic nitrogens is 2.